The van der Waals surface area contributed by atoms with Crippen LogP contribution in [0.2, 0.25) is 0 Å². The van der Waals surface area contributed by atoms with Gasteiger partial charge in [-0.15, -0.1) is 0 Å². The van der Waals surface area contributed by atoms with E-state index in [0.717, 1.165) is 12.3 Å². The second-order valence-corrected chi connectivity index (χ2v) is 12.5. The van der Waals surface area contributed by atoms with Gasteiger partial charge in [0.1, 0.15) is 12.2 Å². The summed E-state index contributed by atoms with van der Waals surface area (Å²) in [5, 5.41) is 20.1. The van der Waals surface area contributed by atoms with Crippen LogP contribution in [0.15, 0.2) is 40.5 Å². The molecule has 0 saturated heterocycles. The van der Waals surface area contributed by atoms with E-state index >= 15 is 8.78 Å². The number of ketones is 1. The molecule has 1 heterocycles. The Labute approximate surface area is 227 Å². The number of thioether (sulfide) groups is 1. The maximum absolute atomic E-state index is 17.4. The van der Waals surface area contributed by atoms with Gasteiger partial charge in [-0.2, -0.15) is 0 Å². The molecule has 0 bridgehead atoms. The fraction of sp³-hybridized carbons (Fsp3) is 0.607. The van der Waals surface area contributed by atoms with Crippen LogP contribution in [0.5, 0.6) is 0 Å². The molecule has 5 rings (SSSR count). The average molecular weight is 569 g/mol. The summed E-state index contributed by atoms with van der Waals surface area (Å²) in [5.41, 5.74) is -7.09. The third kappa shape index (κ3) is 3.61. The fourth-order valence-electron chi connectivity index (χ4n) is 8.14. The summed E-state index contributed by atoms with van der Waals surface area (Å²) in [7, 11) is 0. The zero-order chi connectivity index (χ0) is 28.5. The SMILES string of the molecule is CC1CC2C3CC(F)C4=CC(=O)C=CC4(C)C3(F)C(O)CC2(C)C1(OC(=O)c1cc(CO)co1)C(=O)SCF. The lowest BCUT2D eigenvalue weighted by atomic mass is 9.44. The smallest absolute Gasteiger partial charge is 0.375 e. The number of hydrogen-bond acceptors (Lipinski definition) is 8. The van der Waals surface area contributed by atoms with E-state index in [2.05, 4.69) is 0 Å². The molecule has 9 unspecified atom stereocenters. The molecule has 11 heteroatoms. The van der Waals surface area contributed by atoms with Crippen LogP contribution >= 0.6 is 11.8 Å². The molecule has 0 radical (unpaired) electrons. The highest BCUT2D eigenvalue weighted by Gasteiger charge is 2.78. The number of rotatable bonds is 5. The lowest BCUT2D eigenvalue weighted by molar-refractivity contribution is -0.221. The minimum absolute atomic E-state index is 0.0262. The van der Waals surface area contributed by atoms with Crippen molar-refractivity contribution in [3.8, 4) is 0 Å². The molecule has 4 aliphatic rings. The Morgan fingerprint density at radius 3 is 2.62 bits per heavy atom. The molecule has 7 nitrogen and oxygen atoms in total. The third-order valence-corrected chi connectivity index (χ3v) is 10.6. The van der Waals surface area contributed by atoms with Gasteiger partial charge >= 0.3 is 5.97 Å². The summed E-state index contributed by atoms with van der Waals surface area (Å²) in [6, 6.07) is 0.155. The highest BCUT2D eigenvalue weighted by atomic mass is 32.2. The van der Waals surface area contributed by atoms with Crippen molar-refractivity contribution < 1.29 is 46.9 Å². The maximum Gasteiger partial charge on any atom is 0.375 e. The molecule has 9 atom stereocenters. The van der Waals surface area contributed by atoms with Crippen molar-refractivity contribution in [2.75, 3.05) is 6.01 Å². The molecule has 4 aliphatic carbocycles. The van der Waals surface area contributed by atoms with Gasteiger partial charge in [-0.25, -0.2) is 18.0 Å². The van der Waals surface area contributed by atoms with Crippen molar-refractivity contribution in [1.29, 1.82) is 0 Å². The van der Waals surface area contributed by atoms with Gasteiger partial charge in [0.05, 0.1) is 19.0 Å². The van der Waals surface area contributed by atoms with Crippen LogP contribution in [0.1, 0.15) is 56.2 Å². The van der Waals surface area contributed by atoms with Crippen molar-refractivity contribution >= 4 is 28.6 Å². The number of fused-ring (bicyclic) bond motifs is 5. The van der Waals surface area contributed by atoms with Crippen molar-refractivity contribution in [2.24, 2.45) is 28.6 Å². The molecule has 1 aromatic rings. The summed E-state index contributed by atoms with van der Waals surface area (Å²) in [6.45, 7) is 4.32. The average Bonchev–Trinajstić information content (AvgIpc) is 3.45. The maximum atomic E-state index is 17.4. The van der Waals surface area contributed by atoms with Crippen LogP contribution in [-0.2, 0) is 20.9 Å². The van der Waals surface area contributed by atoms with E-state index in [-0.39, 0.29) is 30.6 Å². The monoisotopic (exact) mass is 568 g/mol. The molecule has 3 fully saturated rings. The number of aliphatic hydroxyl groups is 2. The summed E-state index contributed by atoms with van der Waals surface area (Å²) in [5.74, 6) is -4.34. The number of allylic oxidation sites excluding steroid dienone is 4. The van der Waals surface area contributed by atoms with Crippen molar-refractivity contribution in [3.05, 3.63) is 47.5 Å². The largest absolute Gasteiger partial charge is 0.457 e. The second kappa shape index (κ2) is 9.34. The van der Waals surface area contributed by atoms with Gasteiger partial charge < -0.3 is 19.4 Å². The van der Waals surface area contributed by atoms with Gasteiger partial charge in [0.2, 0.25) is 10.9 Å². The van der Waals surface area contributed by atoms with Crippen LogP contribution in [0.3, 0.4) is 0 Å². The third-order valence-electron chi connectivity index (χ3n) is 9.95. The van der Waals surface area contributed by atoms with Gasteiger partial charge in [-0.3, -0.25) is 9.59 Å². The fourth-order valence-corrected chi connectivity index (χ4v) is 8.93. The van der Waals surface area contributed by atoms with E-state index in [1.807, 2.05) is 0 Å². The number of aliphatic hydroxyl groups excluding tert-OH is 2. The van der Waals surface area contributed by atoms with Gasteiger partial charge in [0.25, 0.3) is 0 Å². The molecule has 212 valence electrons. The number of furan rings is 1. The molecular formula is C28H31F3O7S. The number of ether oxygens (including phenoxy) is 1. The number of hydrogen-bond donors (Lipinski definition) is 2. The molecule has 0 aromatic carbocycles. The Morgan fingerprint density at radius 1 is 1.26 bits per heavy atom. The number of alkyl halides is 3. The summed E-state index contributed by atoms with van der Waals surface area (Å²) >= 11 is 0.320. The Balaban J connectivity index is 1.62. The molecule has 3 saturated carbocycles. The highest BCUT2D eigenvalue weighted by Crippen LogP contribution is 2.72. The van der Waals surface area contributed by atoms with E-state index in [4.69, 9.17) is 9.15 Å². The van der Waals surface area contributed by atoms with Crippen LogP contribution in [0.4, 0.5) is 13.2 Å². The molecule has 0 spiro atoms. The van der Waals surface area contributed by atoms with E-state index in [0.29, 0.717) is 17.3 Å². The van der Waals surface area contributed by atoms with Crippen molar-refractivity contribution in [3.63, 3.8) is 0 Å². The normalized spacial score (nSPS) is 42.8. The molecule has 0 aliphatic heterocycles. The summed E-state index contributed by atoms with van der Waals surface area (Å²) < 4.78 is 57.8. The van der Waals surface area contributed by atoms with E-state index < -0.39 is 81.6 Å². The van der Waals surface area contributed by atoms with Crippen LogP contribution in [0, 0.1) is 28.6 Å². The summed E-state index contributed by atoms with van der Waals surface area (Å²) in [4.78, 5) is 39.0. The van der Waals surface area contributed by atoms with Crippen LogP contribution < -0.4 is 0 Å². The standard InChI is InChI=1S/C28H31F3O7S/c1-14-6-17-18-9-20(30)19-8-16(33)4-5-25(19,2)27(18,31)22(34)10-26(17,3)28(14,24(36)39-13-29)38-23(35)21-7-15(11-32)12-37-21/h4-5,7-8,12,14,17-18,20,22,32,34H,6,9-11,13H2,1-3H3. The van der Waals surface area contributed by atoms with Gasteiger partial charge in [0, 0.05) is 28.2 Å². The highest BCUT2D eigenvalue weighted by molar-refractivity contribution is 8.13. The van der Waals surface area contributed by atoms with E-state index in [9.17, 15) is 29.0 Å². The first kappa shape index (κ1) is 28.2. The zero-order valence-corrected chi connectivity index (χ0v) is 22.6. The van der Waals surface area contributed by atoms with Crippen molar-refractivity contribution in [2.45, 2.75) is 70.2 Å². The Morgan fingerprint density at radius 2 is 1.97 bits per heavy atom. The van der Waals surface area contributed by atoms with E-state index in [1.54, 1.807) is 13.8 Å². The minimum atomic E-state index is -2.38. The molecule has 2 N–H and O–H groups in total. The Hall–Kier alpha value is -2.37. The Bertz CT molecular complexity index is 1280. The van der Waals surface area contributed by atoms with E-state index in [1.165, 1.54) is 25.1 Å². The van der Waals surface area contributed by atoms with Gasteiger partial charge in [0.15, 0.2) is 17.1 Å². The zero-order valence-electron chi connectivity index (χ0n) is 21.8. The lowest BCUT2D eigenvalue weighted by Crippen LogP contribution is -2.70. The van der Waals surface area contributed by atoms with Crippen LogP contribution in [0.25, 0.3) is 0 Å². The Kier molecular flexibility index (Phi) is 6.75. The van der Waals surface area contributed by atoms with Crippen LogP contribution in [-0.4, -0.2) is 56.6 Å². The summed E-state index contributed by atoms with van der Waals surface area (Å²) in [6.07, 6.45) is 0.833. The first-order chi connectivity index (χ1) is 18.3. The predicted molar refractivity (Wildman–Crippen MR) is 135 cm³/mol. The minimum Gasteiger partial charge on any atom is -0.457 e. The molecular weight excluding hydrogens is 537 g/mol. The van der Waals surface area contributed by atoms with Crippen molar-refractivity contribution in [1.82, 2.24) is 0 Å². The quantitative estimate of drug-likeness (QED) is 0.502. The van der Waals surface area contributed by atoms with Gasteiger partial charge in [-0.05, 0) is 67.7 Å². The number of esters is 1. The topological polar surface area (TPSA) is 114 Å². The molecule has 1 aromatic heterocycles. The van der Waals surface area contributed by atoms with Gasteiger partial charge in [-0.1, -0.05) is 19.9 Å². The number of halogens is 3. The molecule has 0 amide bonds. The number of carbonyl (C=O) groups is 3. The first-order valence-electron chi connectivity index (χ1n) is 12.9. The molecule has 39 heavy (non-hydrogen) atoms. The predicted octanol–water partition coefficient (Wildman–Crippen LogP) is 4.42. The second-order valence-electron chi connectivity index (χ2n) is 11.6. The lowest BCUT2D eigenvalue weighted by Gasteiger charge is -2.63. The first-order valence-corrected chi connectivity index (χ1v) is 13.9. The number of carbonyl (C=O) groups excluding carboxylic acids is 3.